The molecule has 0 bridgehead atoms. The van der Waals surface area contributed by atoms with Crippen molar-refractivity contribution < 1.29 is 13.7 Å². The molecule has 1 aromatic rings. The Morgan fingerprint density at radius 2 is 2.19 bits per heavy atom. The standard InChI is InChI=1S/C15H24N2O3S/c1-12(15(18)20-2)10-21(19)11-13-8-9-17(16-13)14-6-4-3-5-7-14/h8-9,12,14H,3-7,10-11H2,1-2H3. The first kappa shape index (κ1) is 16.2. The van der Waals surface area contributed by atoms with Gasteiger partial charge in [-0.25, -0.2) is 0 Å². The monoisotopic (exact) mass is 312 g/mol. The van der Waals surface area contributed by atoms with Crippen LogP contribution in [0.15, 0.2) is 12.3 Å². The van der Waals surface area contributed by atoms with Gasteiger partial charge >= 0.3 is 5.97 Å². The number of esters is 1. The smallest absolute Gasteiger partial charge is 0.309 e. The van der Waals surface area contributed by atoms with Crippen molar-refractivity contribution in [1.29, 1.82) is 0 Å². The van der Waals surface area contributed by atoms with Crippen molar-refractivity contribution in [3.63, 3.8) is 0 Å². The van der Waals surface area contributed by atoms with E-state index in [4.69, 9.17) is 0 Å². The van der Waals surface area contributed by atoms with Crippen molar-refractivity contribution in [3.8, 4) is 0 Å². The third-order valence-corrected chi connectivity index (χ3v) is 5.45. The Morgan fingerprint density at radius 3 is 2.86 bits per heavy atom. The molecule has 0 radical (unpaired) electrons. The summed E-state index contributed by atoms with van der Waals surface area (Å²) in [5, 5.41) is 4.55. The highest BCUT2D eigenvalue weighted by atomic mass is 32.2. The number of ether oxygens (including phenoxy) is 1. The van der Waals surface area contributed by atoms with Gasteiger partial charge in [-0.2, -0.15) is 5.10 Å². The van der Waals surface area contributed by atoms with Crippen molar-refractivity contribution in [2.75, 3.05) is 12.9 Å². The lowest BCUT2D eigenvalue weighted by molar-refractivity contribution is -0.144. The van der Waals surface area contributed by atoms with Gasteiger partial charge in [0.15, 0.2) is 0 Å². The number of methoxy groups -OCH3 is 1. The second-order valence-electron chi connectivity index (χ2n) is 5.75. The first-order chi connectivity index (χ1) is 10.1. The highest BCUT2D eigenvalue weighted by molar-refractivity contribution is 7.84. The van der Waals surface area contributed by atoms with Crippen molar-refractivity contribution >= 4 is 16.8 Å². The molecule has 21 heavy (non-hydrogen) atoms. The lowest BCUT2D eigenvalue weighted by atomic mass is 9.96. The molecule has 5 nitrogen and oxygen atoms in total. The fourth-order valence-corrected chi connectivity index (χ4v) is 4.07. The quantitative estimate of drug-likeness (QED) is 0.757. The van der Waals surface area contributed by atoms with Gasteiger partial charge in [-0.3, -0.25) is 13.7 Å². The van der Waals surface area contributed by atoms with Crippen molar-refractivity contribution in [2.45, 2.75) is 50.8 Å². The molecule has 1 aromatic heterocycles. The molecule has 6 heteroatoms. The van der Waals surface area contributed by atoms with Crippen LogP contribution in [0.5, 0.6) is 0 Å². The van der Waals surface area contributed by atoms with Crippen LogP contribution in [-0.2, 0) is 26.1 Å². The normalized spacial score (nSPS) is 19.1. The molecule has 0 N–H and O–H groups in total. The van der Waals surface area contributed by atoms with E-state index >= 15 is 0 Å². The van der Waals surface area contributed by atoms with Gasteiger partial charge in [0, 0.05) is 22.7 Å². The molecule has 1 saturated carbocycles. The lowest BCUT2D eigenvalue weighted by Gasteiger charge is -2.21. The summed E-state index contributed by atoms with van der Waals surface area (Å²) in [7, 11) is 0.263. The second kappa shape index (κ2) is 7.73. The van der Waals surface area contributed by atoms with E-state index in [0.29, 0.717) is 17.5 Å². The molecule has 118 valence electrons. The Hall–Kier alpha value is -1.17. The van der Waals surface area contributed by atoms with Crippen LogP contribution in [0.1, 0.15) is 50.8 Å². The zero-order valence-corrected chi connectivity index (χ0v) is 13.6. The highest BCUT2D eigenvalue weighted by Gasteiger charge is 2.19. The fraction of sp³-hybridized carbons (Fsp3) is 0.733. The van der Waals surface area contributed by atoms with E-state index in [1.807, 2.05) is 16.9 Å². The van der Waals surface area contributed by atoms with Crippen LogP contribution in [-0.4, -0.2) is 32.8 Å². The molecule has 0 amide bonds. The number of aromatic nitrogens is 2. The minimum absolute atomic E-state index is 0.309. The topological polar surface area (TPSA) is 61.2 Å². The zero-order chi connectivity index (χ0) is 15.2. The predicted molar refractivity (Wildman–Crippen MR) is 82.2 cm³/mol. The largest absolute Gasteiger partial charge is 0.469 e. The van der Waals surface area contributed by atoms with E-state index < -0.39 is 10.8 Å². The van der Waals surface area contributed by atoms with Gasteiger partial charge in [-0.05, 0) is 18.9 Å². The van der Waals surface area contributed by atoms with E-state index in [2.05, 4.69) is 9.84 Å². The van der Waals surface area contributed by atoms with Crippen LogP contribution in [0.3, 0.4) is 0 Å². The molecular weight excluding hydrogens is 288 g/mol. The fourth-order valence-electron chi connectivity index (χ4n) is 2.78. The maximum Gasteiger partial charge on any atom is 0.309 e. The average molecular weight is 312 g/mol. The lowest BCUT2D eigenvalue weighted by Crippen LogP contribution is -2.20. The maximum atomic E-state index is 12.1. The Labute approximate surface area is 128 Å². The zero-order valence-electron chi connectivity index (χ0n) is 12.8. The number of rotatable bonds is 6. The van der Waals surface area contributed by atoms with Crippen LogP contribution in [0.25, 0.3) is 0 Å². The predicted octanol–water partition coefficient (Wildman–Crippen LogP) is 2.45. The Morgan fingerprint density at radius 1 is 1.48 bits per heavy atom. The minimum Gasteiger partial charge on any atom is -0.469 e. The van der Waals surface area contributed by atoms with E-state index in [1.54, 1.807) is 6.92 Å². The molecule has 2 rings (SSSR count). The molecule has 0 spiro atoms. The van der Waals surface area contributed by atoms with Gasteiger partial charge < -0.3 is 4.74 Å². The van der Waals surface area contributed by atoms with E-state index in [9.17, 15) is 9.00 Å². The SMILES string of the molecule is COC(=O)C(C)CS(=O)Cc1ccn(C2CCCCC2)n1. The summed E-state index contributed by atoms with van der Waals surface area (Å²) in [5.41, 5.74) is 0.843. The van der Waals surface area contributed by atoms with E-state index in [0.717, 1.165) is 5.69 Å². The second-order valence-corrected chi connectivity index (χ2v) is 7.26. The van der Waals surface area contributed by atoms with Crippen LogP contribution < -0.4 is 0 Å². The summed E-state index contributed by atoms with van der Waals surface area (Å²) in [6.07, 6.45) is 8.21. The number of hydrogen-bond donors (Lipinski definition) is 0. The Bertz CT molecular complexity index is 495. The summed E-state index contributed by atoms with van der Waals surface area (Å²) in [6, 6.07) is 2.44. The summed E-state index contributed by atoms with van der Waals surface area (Å²) in [6.45, 7) is 1.74. The summed E-state index contributed by atoms with van der Waals surface area (Å²) < 4.78 is 18.8. The van der Waals surface area contributed by atoms with E-state index in [-0.39, 0.29) is 11.9 Å². The van der Waals surface area contributed by atoms with Gasteiger partial charge in [-0.1, -0.05) is 26.2 Å². The molecule has 1 aliphatic carbocycles. The number of carbonyl (C=O) groups is 1. The third-order valence-electron chi connectivity index (χ3n) is 3.96. The van der Waals surface area contributed by atoms with Crippen LogP contribution in [0.2, 0.25) is 0 Å². The summed E-state index contributed by atoms with van der Waals surface area (Å²) in [4.78, 5) is 11.3. The van der Waals surface area contributed by atoms with Crippen molar-refractivity contribution in [2.24, 2.45) is 5.92 Å². The number of nitrogens with zero attached hydrogens (tertiary/aromatic N) is 2. The molecular formula is C15H24N2O3S. The summed E-state index contributed by atoms with van der Waals surface area (Å²) >= 11 is 0. The summed E-state index contributed by atoms with van der Waals surface area (Å²) in [5.74, 6) is 0.0802. The van der Waals surface area contributed by atoms with Crippen molar-refractivity contribution in [3.05, 3.63) is 18.0 Å². The molecule has 1 heterocycles. The van der Waals surface area contributed by atoms with Gasteiger partial charge in [0.05, 0.1) is 30.5 Å². The molecule has 0 aliphatic heterocycles. The molecule has 1 aliphatic rings. The van der Waals surface area contributed by atoms with Crippen LogP contribution in [0, 0.1) is 5.92 Å². The Kier molecular flexibility index (Phi) is 5.96. The van der Waals surface area contributed by atoms with E-state index in [1.165, 1.54) is 39.2 Å². The Balaban J connectivity index is 1.87. The highest BCUT2D eigenvalue weighted by Crippen LogP contribution is 2.27. The third kappa shape index (κ3) is 4.66. The molecule has 2 atom stereocenters. The van der Waals surface area contributed by atoms with Gasteiger partial charge in [-0.15, -0.1) is 0 Å². The van der Waals surface area contributed by atoms with Crippen LogP contribution >= 0.6 is 0 Å². The molecule has 1 fully saturated rings. The molecule has 0 aromatic carbocycles. The maximum absolute atomic E-state index is 12.1. The first-order valence-corrected chi connectivity index (χ1v) is 9.05. The van der Waals surface area contributed by atoms with Gasteiger partial charge in [0.2, 0.25) is 0 Å². The van der Waals surface area contributed by atoms with Crippen molar-refractivity contribution in [1.82, 2.24) is 9.78 Å². The van der Waals surface area contributed by atoms with Crippen LogP contribution in [0.4, 0.5) is 0 Å². The molecule has 0 saturated heterocycles. The average Bonchev–Trinajstić information content (AvgIpc) is 2.95. The van der Waals surface area contributed by atoms with Gasteiger partial charge in [0.1, 0.15) is 0 Å². The number of carbonyl (C=O) groups excluding carboxylic acids is 1. The number of hydrogen-bond acceptors (Lipinski definition) is 4. The molecule has 2 unspecified atom stereocenters. The first-order valence-electron chi connectivity index (χ1n) is 7.57. The van der Waals surface area contributed by atoms with Gasteiger partial charge in [0.25, 0.3) is 0 Å². The minimum atomic E-state index is -1.09.